The van der Waals surface area contributed by atoms with Gasteiger partial charge in [-0.15, -0.1) is 0 Å². The lowest BCUT2D eigenvalue weighted by molar-refractivity contribution is -0.117. The molecule has 0 saturated carbocycles. The SMILES string of the molecule is COCCCC(N)C(=O)Nc1cccc(C(=O)N(C)C)c1. The number of nitrogens with two attached hydrogens (primary N) is 1. The number of methoxy groups -OCH3 is 1. The molecule has 0 spiro atoms. The smallest absolute Gasteiger partial charge is 0.253 e. The second-order valence-electron chi connectivity index (χ2n) is 5.01. The van der Waals surface area contributed by atoms with Crippen LogP contribution in [0, 0.1) is 0 Å². The van der Waals surface area contributed by atoms with Gasteiger partial charge >= 0.3 is 0 Å². The summed E-state index contributed by atoms with van der Waals surface area (Å²) in [5.41, 5.74) is 6.89. The highest BCUT2D eigenvalue weighted by Gasteiger charge is 2.14. The number of hydrogen-bond donors (Lipinski definition) is 2. The van der Waals surface area contributed by atoms with Crippen molar-refractivity contribution in [3.63, 3.8) is 0 Å². The first-order valence-electron chi connectivity index (χ1n) is 6.82. The fourth-order valence-electron chi connectivity index (χ4n) is 1.80. The van der Waals surface area contributed by atoms with Crippen molar-refractivity contribution in [2.24, 2.45) is 5.73 Å². The van der Waals surface area contributed by atoms with Gasteiger partial charge in [0.15, 0.2) is 0 Å². The highest BCUT2D eigenvalue weighted by atomic mass is 16.5. The maximum atomic E-state index is 11.9. The van der Waals surface area contributed by atoms with Crippen molar-refractivity contribution in [2.75, 3.05) is 33.1 Å². The highest BCUT2D eigenvalue weighted by molar-refractivity contribution is 5.98. The third kappa shape index (κ3) is 5.53. The van der Waals surface area contributed by atoms with Crippen LogP contribution in [0.5, 0.6) is 0 Å². The van der Waals surface area contributed by atoms with Gasteiger partial charge < -0.3 is 20.7 Å². The molecule has 116 valence electrons. The number of nitrogens with one attached hydrogen (secondary N) is 1. The Balaban J connectivity index is 2.64. The minimum absolute atomic E-state index is 0.115. The molecule has 6 heteroatoms. The van der Waals surface area contributed by atoms with E-state index < -0.39 is 6.04 Å². The predicted molar refractivity (Wildman–Crippen MR) is 82.2 cm³/mol. The third-order valence-corrected chi connectivity index (χ3v) is 2.98. The van der Waals surface area contributed by atoms with Gasteiger partial charge in [0.05, 0.1) is 6.04 Å². The van der Waals surface area contributed by atoms with Crippen LogP contribution in [0.3, 0.4) is 0 Å². The van der Waals surface area contributed by atoms with Crippen molar-refractivity contribution >= 4 is 17.5 Å². The van der Waals surface area contributed by atoms with Gasteiger partial charge in [0.1, 0.15) is 0 Å². The first-order valence-corrected chi connectivity index (χ1v) is 6.82. The van der Waals surface area contributed by atoms with Crippen LogP contribution in [0.15, 0.2) is 24.3 Å². The standard InChI is InChI=1S/C15H23N3O3/c1-18(2)15(20)11-6-4-7-12(10-11)17-14(19)13(16)8-5-9-21-3/h4,6-7,10,13H,5,8-9,16H2,1-3H3,(H,17,19). The van der Waals surface area contributed by atoms with Gasteiger partial charge in [-0.05, 0) is 31.0 Å². The summed E-state index contributed by atoms with van der Waals surface area (Å²) in [7, 11) is 4.97. The van der Waals surface area contributed by atoms with E-state index in [0.29, 0.717) is 24.3 Å². The number of anilines is 1. The van der Waals surface area contributed by atoms with Crippen LogP contribution in [0.2, 0.25) is 0 Å². The van der Waals surface area contributed by atoms with Crippen molar-refractivity contribution in [3.05, 3.63) is 29.8 Å². The summed E-state index contributed by atoms with van der Waals surface area (Å²) in [5, 5.41) is 2.73. The Morgan fingerprint density at radius 3 is 2.71 bits per heavy atom. The van der Waals surface area contributed by atoms with Crippen LogP contribution in [0.4, 0.5) is 5.69 Å². The number of rotatable bonds is 7. The van der Waals surface area contributed by atoms with Crippen LogP contribution >= 0.6 is 0 Å². The van der Waals surface area contributed by atoms with E-state index in [-0.39, 0.29) is 11.8 Å². The average molecular weight is 293 g/mol. The zero-order valence-electron chi connectivity index (χ0n) is 12.8. The molecule has 1 aromatic rings. The Labute approximate surface area is 125 Å². The maximum Gasteiger partial charge on any atom is 0.253 e. The molecule has 3 N–H and O–H groups in total. The van der Waals surface area contributed by atoms with Gasteiger partial charge in [0.25, 0.3) is 5.91 Å². The number of ether oxygens (including phenoxy) is 1. The van der Waals surface area contributed by atoms with Gasteiger partial charge in [-0.2, -0.15) is 0 Å². The van der Waals surface area contributed by atoms with Gasteiger partial charge in [0, 0.05) is 39.1 Å². The Morgan fingerprint density at radius 2 is 2.10 bits per heavy atom. The number of carbonyl (C=O) groups excluding carboxylic acids is 2. The first kappa shape index (κ1) is 17.1. The summed E-state index contributed by atoms with van der Waals surface area (Å²) in [4.78, 5) is 25.3. The Morgan fingerprint density at radius 1 is 1.38 bits per heavy atom. The minimum Gasteiger partial charge on any atom is -0.385 e. The van der Waals surface area contributed by atoms with Crippen LogP contribution < -0.4 is 11.1 Å². The largest absolute Gasteiger partial charge is 0.385 e. The fourth-order valence-corrected chi connectivity index (χ4v) is 1.80. The Bertz CT molecular complexity index is 489. The zero-order chi connectivity index (χ0) is 15.8. The maximum absolute atomic E-state index is 11.9. The molecule has 2 amide bonds. The van der Waals surface area contributed by atoms with Crippen LogP contribution in [0.1, 0.15) is 23.2 Å². The molecular weight excluding hydrogens is 270 g/mol. The molecular formula is C15H23N3O3. The lowest BCUT2D eigenvalue weighted by atomic mass is 10.1. The third-order valence-electron chi connectivity index (χ3n) is 2.98. The summed E-state index contributed by atoms with van der Waals surface area (Å²) < 4.78 is 4.93. The molecule has 1 aromatic carbocycles. The van der Waals surface area contributed by atoms with E-state index in [1.807, 2.05) is 0 Å². The normalized spacial score (nSPS) is 11.8. The molecule has 0 saturated heterocycles. The van der Waals surface area contributed by atoms with Gasteiger partial charge in [-0.1, -0.05) is 6.07 Å². The van der Waals surface area contributed by atoms with E-state index in [2.05, 4.69) is 5.32 Å². The zero-order valence-corrected chi connectivity index (χ0v) is 12.8. The molecule has 0 radical (unpaired) electrons. The lowest BCUT2D eigenvalue weighted by Crippen LogP contribution is -2.35. The van der Waals surface area contributed by atoms with Crippen LogP contribution in [-0.2, 0) is 9.53 Å². The van der Waals surface area contributed by atoms with E-state index in [1.54, 1.807) is 45.5 Å². The van der Waals surface area contributed by atoms with E-state index in [0.717, 1.165) is 6.42 Å². The van der Waals surface area contributed by atoms with Crippen molar-refractivity contribution in [1.82, 2.24) is 4.90 Å². The van der Waals surface area contributed by atoms with E-state index in [1.165, 1.54) is 4.90 Å². The Hall–Kier alpha value is -1.92. The highest BCUT2D eigenvalue weighted by Crippen LogP contribution is 2.12. The summed E-state index contributed by atoms with van der Waals surface area (Å²) in [5.74, 6) is -0.379. The molecule has 0 aliphatic rings. The van der Waals surface area contributed by atoms with Gasteiger partial charge in [-0.25, -0.2) is 0 Å². The molecule has 1 atom stereocenters. The molecule has 0 aromatic heterocycles. The first-order chi connectivity index (χ1) is 9.95. The molecule has 0 bridgehead atoms. The molecule has 0 fully saturated rings. The average Bonchev–Trinajstić information content (AvgIpc) is 2.46. The van der Waals surface area contributed by atoms with Gasteiger partial charge in [-0.3, -0.25) is 9.59 Å². The van der Waals surface area contributed by atoms with Crippen molar-refractivity contribution < 1.29 is 14.3 Å². The lowest BCUT2D eigenvalue weighted by Gasteiger charge is -2.14. The second-order valence-corrected chi connectivity index (χ2v) is 5.01. The van der Waals surface area contributed by atoms with Crippen molar-refractivity contribution in [1.29, 1.82) is 0 Å². The molecule has 0 aliphatic carbocycles. The predicted octanol–water partition coefficient (Wildman–Crippen LogP) is 1.08. The molecule has 0 heterocycles. The van der Waals surface area contributed by atoms with Crippen molar-refractivity contribution in [3.8, 4) is 0 Å². The summed E-state index contributed by atoms with van der Waals surface area (Å²) in [6.45, 7) is 0.577. The monoisotopic (exact) mass is 293 g/mol. The topological polar surface area (TPSA) is 84.7 Å². The number of nitrogens with zero attached hydrogens (tertiary/aromatic N) is 1. The van der Waals surface area contributed by atoms with Crippen LogP contribution in [0.25, 0.3) is 0 Å². The Kier molecular flexibility index (Phi) is 6.84. The summed E-state index contributed by atoms with van der Waals surface area (Å²) in [6.07, 6.45) is 1.28. The minimum atomic E-state index is -0.589. The van der Waals surface area contributed by atoms with E-state index in [9.17, 15) is 9.59 Å². The van der Waals surface area contributed by atoms with Gasteiger partial charge in [0.2, 0.25) is 5.91 Å². The second kappa shape index (κ2) is 8.39. The van der Waals surface area contributed by atoms with Crippen molar-refractivity contribution in [2.45, 2.75) is 18.9 Å². The molecule has 1 unspecified atom stereocenters. The molecule has 0 aliphatic heterocycles. The summed E-state index contributed by atoms with van der Waals surface area (Å²) in [6, 6.07) is 6.21. The quantitative estimate of drug-likeness (QED) is 0.737. The number of carbonyl (C=O) groups is 2. The fraction of sp³-hybridized carbons (Fsp3) is 0.467. The number of benzene rings is 1. The van der Waals surface area contributed by atoms with Crippen LogP contribution in [-0.4, -0.2) is 50.6 Å². The van der Waals surface area contributed by atoms with E-state index >= 15 is 0 Å². The number of hydrogen-bond acceptors (Lipinski definition) is 4. The van der Waals surface area contributed by atoms with E-state index in [4.69, 9.17) is 10.5 Å². The molecule has 1 rings (SSSR count). The molecule has 6 nitrogen and oxygen atoms in total. The summed E-state index contributed by atoms with van der Waals surface area (Å²) >= 11 is 0. The molecule has 21 heavy (non-hydrogen) atoms. The number of amides is 2.